The Bertz CT molecular complexity index is 527. The van der Waals surface area contributed by atoms with E-state index in [1.807, 2.05) is 0 Å². The first-order valence-corrected chi connectivity index (χ1v) is 4.76. The fourth-order valence-corrected chi connectivity index (χ4v) is 1.47. The predicted molar refractivity (Wildman–Crippen MR) is 52.1 cm³/mol. The molecular formula is C9H5ClF4N2O. The fourth-order valence-electron chi connectivity index (χ4n) is 1.31. The normalized spacial score (nSPS) is 14.2. The van der Waals surface area contributed by atoms with E-state index < -0.39 is 23.9 Å². The molecule has 2 rings (SSSR count). The molecule has 0 aliphatic heterocycles. The average molecular weight is 269 g/mol. The van der Waals surface area contributed by atoms with Crippen molar-refractivity contribution in [3.63, 3.8) is 0 Å². The molecule has 0 saturated heterocycles. The van der Waals surface area contributed by atoms with Crippen LogP contribution in [-0.4, -0.2) is 21.3 Å². The summed E-state index contributed by atoms with van der Waals surface area (Å²) in [5, 5.41) is 8.70. The van der Waals surface area contributed by atoms with Gasteiger partial charge in [0.2, 0.25) is 6.10 Å². The minimum absolute atomic E-state index is 0.0326. The standard InChI is InChI=1S/C9H5ClF4N2O/c10-3-1-5-6(2-4(3)11)16-8(15-5)7(17)9(12,13)14/h1-2,7,17H,(H,15,16). The van der Waals surface area contributed by atoms with Gasteiger partial charge in [0.25, 0.3) is 0 Å². The van der Waals surface area contributed by atoms with E-state index in [4.69, 9.17) is 16.7 Å². The molecule has 0 saturated carbocycles. The highest BCUT2D eigenvalue weighted by Gasteiger charge is 2.41. The number of imidazole rings is 1. The van der Waals surface area contributed by atoms with Crippen LogP contribution in [0.15, 0.2) is 12.1 Å². The third-order valence-corrected chi connectivity index (χ3v) is 2.40. The molecule has 2 N–H and O–H groups in total. The minimum Gasteiger partial charge on any atom is -0.377 e. The topological polar surface area (TPSA) is 48.9 Å². The highest BCUT2D eigenvalue weighted by molar-refractivity contribution is 6.31. The van der Waals surface area contributed by atoms with Crippen molar-refractivity contribution in [3.05, 3.63) is 28.8 Å². The Morgan fingerprint density at radius 1 is 1.35 bits per heavy atom. The van der Waals surface area contributed by atoms with Crippen LogP contribution < -0.4 is 0 Å². The lowest BCUT2D eigenvalue weighted by Crippen LogP contribution is -2.21. The molecule has 1 aromatic heterocycles. The summed E-state index contributed by atoms with van der Waals surface area (Å²) in [6.45, 7) is 0. The van der Waals surface area contributed by atoms with Crippen LogP contribution in [0.5, 0.6) is 0 Å². The van der Waals surface area contributed by atoms with Gasteiger partial charge < -0.3 is 10.1 Å². The average Bonchev–Trinajstić information content (AvgIpc) is 2.59. The number of halogens is 5. The SMILES string of the molecule is OC(c1nc2cc(Cl)c(F)cc2[nH]1)C(F)(F)F. The van der Waals surface area contributed by atoms with Gasteiger partial charge in [0.15, 0.2) is 0 Å². The molecule has 0 spiro atoms. The first-order valence-electron chi connectivity index (χ1n) is 4.38. The Balaban J connectivity index is 2.52. The first kappa shape index (κ1) is 12.1. The number of aliphatic hydroxyl groups excluding tert-OH is 1. The zero-order valence-electron chi connectivity index (χ0n) is 8.02. The summed E-state index contributed by atoms with van der Waals surface area (Å²) in [4.78, 5) is 5.69. The zero-order chi connectivity index (χ0) is 12.8. The van der Waals surface area contributed by atoms with Gasteiger partial charge >= 0.3 is 6.18 Å². The van der Waals surface area contributed by atoms with Gasteiger partial charge in [-0.3, -0.25) is 0 Å². The van der Waals surface area contributed by atoms with Crippen molar-refractivity contribution < 1.29 is 22.7 Å². The van der Waals surface area contributed by atoms with Crippen LogP contribution in [0.2, 0.25) is 5.02 Å². The maximum absolute atomic E-state index is 13.0. The Hall–Kier alpha value is -1.34. The summed E-state index contributed by atoms with van der Waals surface area (Å²) >= 11 is 5.45. The minimum atomic E-state index is -4.84. The number of fused-ring (bicyclic) bond motifs is 1. The summed E-state index contributed by atoms with van der Waals surface area (Å²) in [6, 6.07) is 1.99. The second-order valence-electron chi connectivity index (χ2n) is 3.35. The van der Waals surface area contributed by atoms with Crippen LogP contribution in [0.4, 0.5) is 17.6 Å². The number of hydrogen-bond donors (Lipinski definition) is 2. The van der Waals surface area contributed by atoms with E-state index >= 15 is 0 Å². The maximum atomic E-state index is 13.0. The molecule has 0 fully saturated rings. The Morgan fingerprint density at radius 3 is 2.59 bits per heavy atom. The van der Waals surface area contributed by atoms with Gasteiger partial charge in [0.1, 0.15) is 11.6 Å². The van der Waals surface area contributed by atoms with Crippen molar-refractivity contribution in [2.24, 2.45) is 0 Å². The fraction of sp³-hybridized carbons (Fsp3) is 0.222. The van der Waals surface area contributed by atoms with Crippen molar-refractivity contribution in [1.29, 1.82) is 0 Å². The lowest BCUT2D eigenvalue weighted by atomic mass is 10.3. The van der Waals surface area contributed by atoms with Crippen molar-refractivity contribution in [2.45, 2.75) is 12.3 Å². The quantitative estimate of drug-likeness (QED) is 0.781. The number of nitrogens with zero attached hydrogens (tertiary/aromatic N) is 1. The van der Waals surface area contributed by atoms with E-state index in [0.717, 1.165) is 12.1 Å². The molecule has 17 heavy (non-hydrogen) atoms. The third kappa shape index (κ3) is 2.20. The summed E-state index contributed by atoms with van der Waals surface area (Å²) in [7, 11) is 0. The summed E-state index contributed by atoms with van der Waals surface area (Å²) < 4.78 is 49.7. The summed E-state index contributed by atoms with van der Waals surface area (Å²) in [5.74, 6) is -1.48. The van der Waals surface area contributed by atoms with E-state index in [2.05, 4.69) is 9.97 Å². The summed E-state index contributed by atoms with van der Waals surface area (Å²) in [5.41, 5.74) is 0.0832. The van der Waals surface area contributed by atoms with Crippen LogP contribution in [0.3, 0.4) is 0 Å². The highest BCUT2D eigenvalue weighted by Crippen LogP contribution is 2.32. The number of aliphatic hydroxyl groups is 1. The smallest absolute Gasteiger partial charge is 0.377 e. The number of benzene rings is 1. The molecular weight excluding hydrogens is 264 g/mol. The molecule has 3 nitrogen and oxygen atoms in total. The Kier molecular flexibility index (Phi) is 2.75. The van der Waals surface area contributed by atoms with Crippen LogP contribution in [0, 0.1) is 5.82 Å². The number of hydrogen-bond acceptors (Lipinski definition) is 2. The van der Waals surface area contributed by atoms with Gasteiger partial charge in [-0.1, -0.05) is 11.6 Å². The van der Waals surface area contributed by atoms with E-state index in [-0.39, 0.29) is 16.1 Å². The molecule has 1 unspecified atom stereocenters. The van der Waals surface area contributed by atoms with Gasteiger partial charge in [0, 0.05) is 6.07 Å². The first-order chi connectivity index (χ1) is 7.79. The van der Waals surface area contributed by atoms with E-state index in [1.54, 1.807) is 0 Å². The molecule has 0 aliphatic carbocycles. The largest absolute Gasteiger partial charge is 0.421 e. The van der Waals surface area contributed by atoms with Gasteiger partial charge in [-0.05, 0) is 6.07 Å². The van der Waals surface area contributed by atoms with Crippen LogP contribution in [0.25, 0.3) is 11.0 Å². The molecule has 1 aromatic carbocycles. The predicted octanol–water partition coefficient (Wildman–Crippen LogP) is 2.95. The van der Waals surface area contributed by atoms with Gasteiger partial charge in [-0.2, -0.15) is 13.2 Å². The van der Waals surface area contributed by atoms with E-state index in [1.165, 1.54) is 0 Å². The van der Waals surface area contributed by atoms with Crippen molar-refractivity contribution in [2.75, 3.05) is 0 Å². The lowest BCUT2D eigenvalue weighted by molar-refractivity contribution is -0.208. The monoisotopic (exact) mass is 268 g/mol. The second kappa shape index (κ2) is 3.85. The lowest BCUT2D eigenvalue weighted by Gasteiger charge is -2.10. The molecule has 0 bridgehead atoms. The van der Waals surface area contributed by atoms with Crippen LogP contribution >= 0.6 is 11.6 Å². The Labute approximate surface area is 97.0 Å². The molecule has 0 amide bonds. The zero-order valence-corrected chi connectivity index (χ0v) is 8.77. The number of aromatic nitrogens is 2. The third-order valence-electron chi connectivity index (χ3n) is 2.11. The number of alkyl halides is 3. The van der Waals surface area contributed by atoms with Crippen molar-refractivity contribution in [1.82, 2.24) is 9.97 Å². The van der Waals surface area contributed by atoms with E-state index in [9.17, 15) is 17.6 Å². The molecule has 92 valence electrons. The van der Waals surface area contributed by atoms with Crippen LogP contribution in [-0.2, 0) is 0 Å². The second-order valence-corrected chi connectivity index (χ2v) is 3.76. The van der Waals surface area contributed by atoms with Gasteiger partial charge in [-0.15, -0.1) is 0 Å². The number of H-pyrrole nitrogens is 1. The van der Waals surface area contributed by atoms with Gasteiger partial charge in [-0.25, -0.2) is 9.37 Å². The van der Waals surface area contributed by atoms with Crippen LogP contribution in [0.1, 0.15) is 11.9 Å². The molecule has 1 heterocycles. The number of aromatic amines is 1. The maximum Gasteiger partial charge on any atom is 0.421 e. The van der Waals surface area contributed by atoms with Crippen molar-refractivity contribution in [3.8, 4) is 0 Å². The van der Waals surface area contributed by atoms with Gasteiger partial charge in [0.05, 0.1) is 16.1 Å². The van der Waals surface area contributed by atoms with E-state index in [0.29, 0.717) is 0 Å². The molecule has 2 aromatic rings. The Morgan fingerprint density at radius 2 is 2.00 bits per heavy atom. The molecule has 0 aliphatic rings. The molecule has 8 heteroatoms. The number of nitrogens with one attached hydrogen (secondary N) is 1. The van der Waals surface area contributed by atoms with Crippen molar-refractivity contribution >= 4 is 22.6 Å². The molecule has 1 atom stereocenters. The highest BCUT2D eigenvalue weighted by atomic mass is 35.5. The number of rotatable bonds is 1. The summed E-state index contributed by atoms with van der Waals surface area (Å²) in [6.07, 6.45) is -7.58. The molecule has 0 radical (unpaired) electrons.